The topological polar surface area (TPSA) is 65.2 Å². The molecule has 4 heteroatoms. The first kappa shape index (κ1) is 27.0. The average Bonchev–Trinajstić information content (AvgIpc) is 3.03. The number of aryl methyl sites for hydroxylation is 2. The molecule has 0 aliphatic rings. The van der Waals surface area contributed by atoms with Gasteiger partial charge in [-0.3, -0.25) is 9.98 Å². The van der Waals surface area contributed by atoms with Gasteiger partial charge in [0.1, 0.15) is 11.5 Å². The molecule has 0 saturated carbocycles. The van der Waals surface area contributed by atoms with Crippen LogP contribution in [0, 0.1) is 0 Å². The standard InChI is InChI=1S/C38H32N2O2/c1-3-25-13-9-15-29(37(25)41)23-39-33-21-19-27-11-5-7-17-31(27)35(33)36-32-18-8-6-12-28(32)20-22-34(36)40-24-30-16-10-14-26(4-2)38(30)42/h5-24,41-42H,3-4H2,1-2H3. The zero-order chi connectivity index (χ0) is 29.1. The molecule has 0 atom stereocenters. The Morgan fingerprint density at radius 2 is 0.929 bits per heavy atom. The van der Waals surface area contributed by atoms with Crippen LogP contribution in [0.25, 0.3) is 32.7 Å². The highest BCUT2D eigenvalue weighted by molar-refractivity contribution is 6.13. The highest BCUT2D eigenvalue weighted by Gasteiger charge is 2.17. The van der Waals surface area contributed by atoms with Crippen molar-refractivity contribution in [2.45, 2.75) is 26.7 Å². The first-order valence-corrected chi connectivity index (χ1v) is 14.3. The van der Waals surface area contributed by atoms with Crippen molar-refractivity contribution in [3.05, 3.63) is 131 Å². The quantitative estimate of drug-likeness (QED) is 0.195. The van der Waals surface area contributed by atoms with Gasteiger partial charge in [0.25, 0.3) is 0 Å². The van der Waals surface area contributed by atoms with Crippen molar-refractivity contribution in [3.63, 3.8) is 0 Å². The van der Waals surface area contributed by atoms with E-state index in [0.29, 0.717) is 11.1 Å². The summed E-state index contributed by atoms with van der Waals surface area (Å²) in [5.74, 6) is 0.520. The summed E-state index contributed by atoms with van der Waals surface area (Å²) in [6.07, 6.45) is 4.96. The monoisotopic (exact) mass is 548 g/mol. The molecule has 0 heterocycles. The van der Waals surface area contributed by atoms with Gasteiger partial charge in [0.05, 0.1) is 11.4 Å². The van der Waals surface area contributed by atoms with E-state index in [-0.39, 0.29) is 11.5 Å². The molecule has 0 aliphatic heterocycles. The molecule has 0 spiro atoms. The third-order valence-corrected chi connectivity index (χ3v) is 7.81. The minimum absolute atomic E-state index is 0.260. The van der Waals surface area contributed by atoms with Gasteiger partial charge in [-0.05, 0) is 69.8 Å². The second-order valence-electron chi connectivity index (χ2n) is 10.3. The van der Waals surface area contributed by atoms with Gasteiger partial charge in [0.15, 0.2) is 0 Å². The summed E-state index contributed by atoms with van der Waals surface area (Å²) in [6.45, 7) is 4.05. The molecule has 0 unspecified atom stereocenters. The van der Waals surface area contributed by atoms with Crippen LogP contribution in [-0.4, -0.2) is 22.6 Å². The summed E-state index contributed by atoms with van der Waals surface area (Å²) in [7, 11) is 0. The zero-order valence-corrected chi connectivity index (χ0v) is 23.8. The fraction of sp³-hybridized carbons (Fsp3) is 0.105. The van der Waals surface area contributed by atoms with Crippen LogP contribution in [0.4, 0.5) is 11.4 Å². The van der Waals surface area contributed by atoms with Gasteiger partial charge in [-0.15, -0.1) is 0 Å². The third-order valence-electron chi connectivity index (χ3n) is 7.81. The lowest BCUT2D eigenvalue weighted by Gasteiger charge is -2.16. The SMILES string of the molecule is CCc1cccc(C=Nc2ccc3ccccc3c2-c2c(N=Cc3cccc(CC)c3O)ccc3ccccc23)c1O. The van der Waals surface area contributed by atoms with Crippen LogP contribution in [0.15, 0.2) is 119 Å². The number of nitrogens with zero attached hydrogens (tertiary/aromatic N) is 2. The lowest BCUT2D eigenvalue weighted by molar-refractivity contribution is 0.467. The van der Waals surface area contributed by atoms with Crippen LogP contribution in [0.2, 0.25) is 0 Å². The van der Waals surface area contributed by atoms with Crippen molar-refractivity contribution in [3.8, 4) is 22.6 Å². The molecule has 6 aromatic rings. The Labute approximate surface area is 246 Å². The molecule has 0 bridgehead atoms. The van der Waals surface area contributed by atoms with Crippen LogP contribution in [0.1, 0.15) is 36.1 Å². The van der Waals surface area contributed by atoms with E-state index in [4.69, 9.17) is 9.98 Å². The van der Waals surface area contributed by atoms with E-state index in [1.165, 1.54) is 0 Å². The van der Waals surface area contributed by atoms with Gasteiger partial charge in [-0.2, -0.15) is 0 Å². The van der Waals surface area contributed by atoms with E-state index in [2.05, 4.69) is 36.4 Å². The zero-order valence-electron chi connectivity index (χ0n) is 23.8. The van der Waals surface area contributed by atoms with E-state index in [0.717, 1.165) is 68.0 Å². The molecule has 6 aromatic carbocycles. The number of benzene rings is 6. The van der Waals surface area contributed by atoms with Gasteiger partial charge in [0, 0.05) is 34.7 Å². The molecule has 0 fully saturated rings. The molecule has 0 radical (unpaired) electrons. The van der Waals surface area contributed by atoms with Gasteiger partial charge >= 0.3 is 0 Å². The Morgan fingerprint density at radius 1 is 0.500 bits per heavy atom. The minimum atomic E-state index is 0.260. The number of rotatable bonds is 7. The van der Waals surface area contributed by atoms with Crippen LogP contribution >= 0.6 is 0 Å². The Kier molecular flexibility index (Phi) is 7.52. The molecule has 2 N–H and O–H groups in total. The lowest BCUT2D eigenvalue weighted by atomic mass is 9.91. The van der Waals surface area contributed by atoms with E-state index < -0.39 is 0 Å². The summed E-state index contributed by atoms with van der Waals surface area (Å²) >= 11 is 0. The smallest absolute Gasteiger partial charge is 0.127 e. The van der Waals surface area contributed by atoms with E-state index in [1.807, 2.05) is 86.6 Å². The molecule has 0 aromatic heterocycles. The Morgan fingerprint density at radius 3 is 1.36 bits per heavy atom. The van der Waals surface area contributed by atoms with Crippen molar-refractivity contribution >= 4 is 45.3 Å². The molecule has 206 valence electrons. The van der Waals surface area contributed by atoms with Crippen LogP contribution in [0.5, 0.6) is 11.5 Å². The number of phenolic OH excluding ortho intramolecular Hbond substituents is 2. The second-order valence-corrected chi connectivity index (χ2v) is 10.3. The highest BCUT2D eigenvalue weighted by atomic mass is 16.3. The molecular weight excluding hydrogens is 516 g/mol. The Bertz CT molecular complexity index is 1840. The fourth-order valence-electron chi connectivity index (χ4n) is 5.54. The number of hydrogen-bond donors (Lipinski definition) is 2. The van der Waals surface area contributed by atoms with Gasteiger partial charge in [0.2, 0.25) is 0 Å². The van der Waals surface area contributed by atoms with Crippen LogP contribution in [-0.2, 0) is 12.8 Å². The molecule has 4 nitrogen and oxygen atoms in total. The van der Waals surface area contributed by atoms with Crippen molar-refractivity contribution in [2.24, 2.45) is 9.98 Å². The van der Waals surface area contributed by atoms with Crippen LogP contribution < -0.4 is 0 Å². The number of para-hydroxylation sites is 2. The normalized spacial score (nSPS) is 11.8. The van der Waals surface area contributed by atoms with Gasteiger partial charge < -0.3 is 10.2 Å². The predicted molar refractivity (Wildman–Crippen MR) is 176 cm³/mol. The Balaban J connectivity index is 1.61. The van der Waals surface area contributed by atoms with E-state index >= 15 is 0 Å². The van der Waals surface area contributed by atoms with E-state index in [1.54, 1.807) is 12.4 Å². The summed E-state index contributed by atoms with van der Waals surface area (Å²) in [4.78, 5) is 9.93. The summed E-state index contributed by atoms with van der Waals surface area (Å²) in [5.41, 5.74) is 6.61. The number of aliphatic imine (C=N–C) groups is 2. The van der Waals surface area contributed by atoms with Gasteiger partial charge in [-0.25, -0.2) is 0 Å². The number of fused-ring (bicyclic) bond motifs is 2. The molecular formula is C38H32N2O2. The Hall–Kier alpha value is -5.22. The van der Waals surface area contributed by atoms with Crippen molar-refractivity contribution < 1.29 is 10.2 Å². The molecule has 0 aliphatic carbocycles. The summed E-state index contributed by atoms with van der Waals surface area (Å²) in [5, 5.41) is 25.9. The predicted octanol–water partition coefficient (Wildman–Crippen LogP) is 9.70. The molecule has 6 rings (SSSR count). The van der Waals surface area contributed by atoms with Crippen molar-refractivity contribution in [2.75, 3.05) is 0 Å². The maximum atomic E-state index is 10.8. The second kappa shape index (κ2) is 11.7. The van der Waals surface area contributed by atoms with Crippen LogP contribution in [0.3, 0.4) is 0 Å². The fourth-order valence-corrected chi connectivity index (χ4v) is 5.54. The number of aromatic hydroxyl groups is 2. The number of phenols is 2. The lowest BCUT2D eigenvalue weighted by Crippen LogP contribution is -1.91. The maximum absolute atomic E-state index is 10.8. The van der Waals surface area contributed by atoms with Gasteiger partial charge in [-0.1, -0.05) is 98.8 Å². The number of hydrogen-bond acceptors (Lipinski definition) is 4. The van der Waals surface area contributed by atoms with Crippen molar-refractivity contribution in [1.29, 1.82) is 0 Å². The van der Waals surface area contributed by atoms with Crippen molar-refractivity contribution in [1.82, 2.24) is 0 Å². The van der Waals surface area contributed by atoms with E-state index in [9.17, 15) is 10.2 Å². The molecule has 0 saturated heterocycles. The average molecular weight is 549 g/mol. The molecule has 0 amide bonds. The summed E-state index contributed by atoms with van der Waals surface area (Å²) < 4.78 is 0. The first-order valence-electron chi connectivity index (χ1n) is 14.3. The molecule has 42 heavy (non-hydrogen) atoms. The minimum Gasteiger partial charge on any atom is -0.507 e. The highest BCUT2D eigenvalue weighted by Crippen LogP contribution is 2.45. The maximum Gasteiger partial charge on any atom is 0.127 e. The first-order chi connectivity index (χ1) is 20.6. The third kappa shape index (κ3) is 5.04. The largest absolute Gasteiger partial charge is 0.507 e. The summed E-state index contributed by atoms with van der Waals surface area (Å²) in [6, 6.07) is 36.3.